The van der Waals surface area contributed by atoms with Crippen LogP contribution in [0.3, 0.4) is 0 Å². The largest absolute Gasteiger partial charge is 0.349 e. The average Bonchev–Trinajstić information content (AvgIpc) is 2.58. The Hall–Kier alpha value is -1.87. The van der Waals surface area contributed by atoms with Gasteiger partial charge in [0.15, 0.2) is 0 Å². The van der Waals surface area contributed by atoms with E-state index in [-0.39, 0.29) is 28.6 Å². The molecule has 0 bridgehead atoms. The van der Waals surface area contributed by atoms with Gasteiger partial charge in [-0.2, -0.15) is 4.68 Å². The first-order chi connectivity index (χ1) is 11.4. The molecule has 0 unspecified atom stereocenters. The van der Waals surface area contributed by atoms with E-state index in [1.807, 2.05) is 31.2 Å². The highest BCUT2D eigenvalue weighted by Gasteiger charge is 2.15. The Morgan fingerprint density at radius 2 is 2.04 bits per heavy atom. The third-order valence-electron chi connectivity index (χ3n) is 3.37. The zero-order valence-electron chi connectivity index (χ0n) is 13.3. The molecule has 7 nitrogen and oxygen atoms in total. The first-order valence-corrected chi connectivity index (χ1v) is 9.09. The smallest absolute Gasteiger partial charge is 0.294 e. The summed E-state index contributed by atoms with van der Waals surface area (Å²) in [5.41, 5.74) is 0.826. The first-order valence-electron chi connectivity index (χ1n) is 7.31. The summed E-state index contributed by atoms with van der Waals surface area (Å²) in [6.07, 6.45) is 0.768. The Morgan fingerprint density at radius 1 is 1.38 bits per heavy atom. The van der Waals surface area contributed by atoms with Crippen molar-refractivity contribution in [3.05, 3.63) is 50.3 Å². The minimum Gasteiger partial charge on any atom is -0.349 e. The van der Waals surface area contributed by atoms with E-state index < -0.39 is 5.56 Å². The second kappa shape index (κ2) is 8.29. The highest BCUT2D eigenvalue weighted by Crippen LogP contribution is 2.20. The number of rotatable bonds is 6. The summed E-state index contributed by atoms with van der Waals surface area (Å²) in [4.78, 5) is 23.9. The number of thioether (sulfide) groups is 1. The summed E-state index contributed by atoms with van der Waals surface area (Å²) in [5, 5.41) is 10.7. The van der Waals surface area contributed by atoms with Gasteiger partial charge < -0.3 is 11.2 Å². The highest BCUT2D eigenvalue weighted by molar-refractivity contribution is 9.10. The number of hydrogen-bond acceptors (Lipinski definition) is 6. The van der Waals surface area contributed by atoms with Gasteiger partial charge >= 0.3 is 0 Å². The van der Waals surface area contributed by atoms with Gasteiger partial charge in [0, 0.05) is 4.47 Å². The molecule has 1 aromatic carbocycles. The Balaban J connectivity index is 1.98. The quantitative estimate of drug-likeness (QED) is 0.554. The summed E-state index contributed by atoms with van der Waals surface area (Å²) in [5.74, 6) is 5.58. The SMILES string of the molecule is CC[C@@H](NC(=O)CSc1nnc(C)c(=O)n1N)c1ccc(Br)cc1. The van der Waals surface area contributed by atoms with Crippen molar-refractivity contribution in [1.82, 2.24) is 20.2 Å². The molecule has 0 aliphatic rings. The second-order valence-corrected chi connectivity index (χ2v) is 6.97. The van der Waals surface area contributed by atoms with Gasteiger partial charge in [0.2, 0.25) is 11.1 Å². The lowest BCUT2D eigenvalue weighted by molar-refractivity contribution is -0.119. The molecule has 0 fully saturated rings. The number of benzene rings is 1. The third kappa shape index (κ3) is 4.57. The number of aromatic nitrogens is 3. The monoisotopic (exact) mass is 411 g/mol. The standard InChI is InChI=1S/C15H18BrN5O2S/c1-3-12(10-4-6-11(16)7-5-10)18-13(22)8-24-15-20-19-9(2)14(23)21(15)17/h4-7,12H,3,8,17H2,1-2H3,(H,18,22)/t12-/m1/s1. The number of nitrogens with zero attached hydrogens (tertiary/aromatic N) is 3. The molecule has 0 aliphatic heterocycles. The van der Waals surface area contributed by atoms with Crippen molar-refractivity contribution in [2.24, 2.45) is 0 Å². The molecular weight excluding hydrogens is 394 g/mol. The van der Waals surface area contributed by atoms with E-state index in [9.17, 15) is 9.59 Å². The minimum absolute atomic E-state index is 0.0737. The zero-order valence-corrected chi connectivity index (χ0v) is 15.7. The molecule has 9 heteroatoms. The number of hydrogen-bond donors (Lipinski definition) is 2. The van der Waals surface area contributed by atoms with Crippen LogP contribution in [-0.2, 0) is 4.79 Å². The number of carbonyl (C=O) groups excluding carboxylic acids is 1. The fraction of sp³-hybridized carbons (Fsp3) is 0.333. The van der Waals surface area contributed by atoms with Gasteiger partial charge in [-0.05, 0) is 31.0 Å². The van der Waals surface area contributed by atoms with Crippen LogP contribution in [0.1, 0.15) is 30.6 Å². The molecule has 1 amide bonds. The number of nitrogens with two attached hydrogens (primary N) is 1. The van der Waals surface area contributed by atoms with Gasteiger partial charge in [-0.3, -0.25) is 9.59 Å². The van der Waals surface area contributed by atoms with Crippen LogP contribution in [0.15, 0.2) is 38.7 Å². The summed E-state index contributed by atoms with van der Waals surface area (Å²) < 4.78 is 1.90. The number of aryl methyl sites for hydroxylation is 1. The third-order valence-corrected chi connectivity index (χ3v) is 4.84. The van der Waals surface area contributed by atoms with Crippen LogP contribution in [0.2, 0.25) is 0 Å². The molecule has 0 saturated carbocycles. The molecule has 1 heterocycles. The Kier molecular flexibility index (Phi) is 6.38. The maximum absolute atomic E-state index is 12.2. The average molecular weight is 412 g/mol. The van der Waals surface area contributed by atoms with Crippen molar-refractivity contribution in [3.8, 4) is 0 Å². The van der Waals surface area contributed by atoms with Crippen molar-refractivity contribution >= 4 is 33.6 Å². The Bertz CT molecular complexity index is 778. The second-order valence-electron chi connectivity index (χ2n) is 5.11. The predicted octanol–water partition coefficient (Wildman–Crippen LogP) is 1.78. The minimum atomic E-state index is -0.422. The van der Waals surface area contributed by atoms with E-state index in [0.717, 1.165) is 32.9 Å². The molecule has 128 valence electrons. The molecule has 2 rings (SSSR count). The van der Waals surface area contributed by atoms with Crippen LogP contribution in [0.25, 0.3) is 0 Å². The van der Waals surface area contributed by atoms with Crippen LogP contribution < -0.4 is 16.7 Å². The van der Waals surface area contributed by atoms with Crippen LogP contribution in [-0.4, -0.2) is 26.5 Å². The van der Waals surface area contributed by atoms with E-state index in [4.69, 9.17) is 5.84 Å². The first kappa shape index (κ1) is 18.5. The lowest BCUT2D eigenvalue weighted by Crippen LogP contribution is -2.33. The van der Waals surface area contributed by atoms with Crippen molar-refractivity contribution in [1.29, 1.82) is 0 Å². The topological polar surface area (TPSA) is 103 Å². The Morgan fingerprint density at radius 3 is 2.67 bits per heavy atom. The number of nitrogens with one attached hydrogen (secondary N) is 1. The zero-order chi connectivity index (χ0) is 17.7. The molecule has 1 aromatic heterocycles. The van der Waals surface area contributed by atoms with Crippen molar-refractivity contribution in [3.63, 3.8) is 0 Å². The van der Waals surface area contributed by atoms with E-state index in [1.165, 1.54) is 6.92 Å². The summed E-state index contributed by atoms with van der Waals surface area (Å²) >= 11 is 4.47. The Labute approximate surface area is 152 Å². The van der Waals surface area contributed by atoms with Crippen molar-refractivity contribution in [2.45, 2.75) is 31.5 Å². The molecule has 2 aromatic rings. The van der Waals surface area contributed by atoms with E-state index in [0.29, 0.717) is 0 Å². The molecule has 24 heavy (non-hydrogen) atoms. The maximum atomic E-state index is 12.2. The van der Waals surface area contributed by atoms with E-state index in [1.54, 1.807) is 0 Å². The van der Waals surface area contributed by atoms with Crippen LogP contribution in [0, 0.1) is 6.92 Å². The van der Waals surface area contributed by atoms with Crippen LogP contribution >= 0.6 is 27.7 Å². The lowest BCUT2D eigenvalue weighted by atomic mass is 10.0. The number of halogens is 1. The van der Waals surface area contributed by atoms with Crippen molar-refractivity contribution < 1.29 is 4.79 Å². The fourth-order valence-corrected chi connectivity index (χ4v) is 2.98. The van der Waals surface area contributed by atoms with E-state index >= 15 is 0 Å². The molecule has 0 spiro atoms. The molecule has 0 saturated heterocycles. The van der Waals surface area contributed by atoms with Crippen LogP contribution in [0.5, 0.6) is 0 Å². The summed E-state index contributed by atoms with van der Waals surface area (Å²) in [6.45, 7) is 3.53. The molecule has 3 N–H and O–H groups in total. The van der Waals surface area contributed by atoms with E-state index in [2.05, 4.69) is 31.4 Å². The van der Waals surface area contributed by atoms with Gasteiger partial charge in [0.05, 0.1) is 11.8 Å². The molecule has 0 radical (unpaired) electrons. The van der Waals surface area contributed by atoms with Gasteiger partial charge in [-0.1, -0.05) is 46.7 Å². The van der Waals surface area contributed by atoms with Gasteiger partial charge in [0.25, 0.3) is 5.56 Å². The number of nitrogen functional groups attached to an aromatic ring is 1. The number of carbonyl (C=O) groups is 1. The maximum Gasteiger partial charge on any atom is 0.294 e. The molecule has 1 atom stereocenters. The van der Waals surface area contributed by atoms with Gasteiger partial charge in [0.1, 0.15) is 5.69 Å². The molecule has 0 aliphatic carbocycles. The lowest BCUT2D eigenvalue weighted by Gasteiger charge is -2.17. The van der Waals surface area contributed by atoms with Crippen LogP contribution in [0.4, 0.5) is 0 Å². The fourth-order valence-electron chi connectivity index (χ4n) is 2.05. The van der Waals surface area contributed by atoms with Gasteiger partial charge in [-0.15, -0.1) is 10.2 Å². The number of amides is 1. The van der Waals surface area contributed by atoms with Crippen molar-refractivity contribution in [2.75, 3.05) is 11.6 Å². The molecular formula is C15H18BrN5O2S. The van der Waals surface area contributed by atoms with Gasteiger partial charge in [-0.25, -0.2) is 0 Å². The summed E-state index contributed by atoms with van der Waals surface area (Å²) in [6, 6.07) is 7.74. The summed E-state index contributed by atoms with van der Waals surface area (Å²) in [7, 11) is 0. The highest BCUT2D eigenvalue weighted by atomic mass is 79.9. The normalized spacial score (nSPS) is 12.0. The predicted molar refractivity (Wildman–Crippen MR) is 97.2 cm³/mol.